The van der Waals surface area contributed by atoms with Gasteiger partial charge in [0.25, 0.3) is 0 Å². The Kier molecular flexibility index (Phi) is 5.18. The van der Waals surface area contributed by atoms with E-state index in [2.05, 4.69) is 0 Å². The van der Waals surface area contributed by atoms with Crippen LogP contribution in [0.2, 0.25) is 0 Å². The van der Waals surface area contributed by atoms with Gasteiger partial charge in [0.1, 0.15) is 12.4 Å². The second-order valence-corrected chi connectivity index (χ2v) is 5.73. The standard InChI is InChI=1S/C17H24O3/c1-2-16(18)14-8-7-9-15(12-14)20-13-17(19)10-5-3-4-6-11-17/h7-9,12,19H,2-6,10-11,13H2,1H3. The lowest BCUT2D eigenvalue weighted by Crippen LogP contribution is -2.35. The second-order valence-electron chi connectivity index (χ2n) is 5.73. The molecule has 0 amide bonds. The van der Waals surface area contributed by atoms with Crippen molar-refractivity contribution in [1.29, 1.82) is 0 Å². The Morgan fingerprint density at radius 2 is 1.95 bits per heavy atom. The van der Waals surface area contributed by atoms with Gasteiger partial charge in [-0.05, 0) is 25.0 Å². The summed E-state index contributed by atoms with van der Waals surface area (Å²) in [6.45, 7) is 2.17. The number of ether oxygens (including phenoxy) is 1. The summed E-state index contributed by atoms with van der Waals surface area (Å²) in [5.41, 5.74) is -0.0285. The zero-order chi connectivity index (χ0) is 14.4. The number of carbonyl (C=O) groups is 1. The van der Waals surface area contributed by atoms with Crippen LogP contribution in [0.1, 0.15) is 62.2 Å². The maximum absolute atomic E-state index is 11.7. The highest BCUT2D eigenvalue weighted by molar-refractivity contribution is 5.96. The normalized spacial score (nSPS) is 18.3. The zero-order valence-electron chi connectivity index (χ0n) is 12.2. The summed E-state index contributed by atoms with van der Waals surface area (Å²) < 4.78 is 5.74. The molecule has 0 radical (unpaired) electrons. The van der Waals surface area contributed by atoms with E-state index in [0.717, 1.165) is 25.7 Å². The first-order valence-corrected chi connectivity index (χ1v) is 7.61. The van der Waals surface area contributed by atoms with Crippen molar-refractivity contribution in [3.63, 3.8) is 0 Å². The van der Waals surface area contributed by atoms with Crippen LogP contribution in [0.25, 0.3) is 0 Å². The van der Waals surface area contributed by atoms with Crippen LogP contribution in [-0.2, 0) is 0 Å². The maximum Gasteiger partial charge on any atom is 0.162 e. The number of Topliss-reactive ketones (excluding diaryl/α,β-unsaturated/α-hetero) is 1. The molecule has 1 fully saturated rings. The molecule has 0 atom stereocenters. The first kappa shape index (κ1) is 15.0. The number of benzene rings is 1. The maximum atomic E-state index is 11.7. The van der Waals surface area contributed by atoms with Crippen molar-refractivity contribution in [2.75, 3.05) is 6.61 Å². The molecule has 2 rings (SSSR count). The van der Waals surface area contributed by atoms with E-state index in [1.807, 2.05) is 19.1 Å². The van der Waals surface area contributed by atoms with Crippen LogP contribution in [0.4, 0.5) is 0 Å². The highest BCUT2D eigenvalue weighted by Gasteiger charge is 2.28. The van der Waals surface area contributed by atoms with Crippen molar-refractivity contribution in [3.8, 4) is 5.75 Å². The molecule has 0 bridgehead atoms. The lowest BCUT2D eigenvalue weighted by molar-refractivity contribution is -0.0173. The van der Waals surface area contributed by atoms with Crippen molar-refractivity contribution in [1.82, 2.24) is 0 Å². The van der Waals surface area contributed by atoms with Crippen molar-refractivity contribution in [2.45, 2.75) is 57.5 Å². The van der Waals surface area contributed by atoms with Crippen molar-refractivity contribution >= 4 is 5.78 Å². The van der Waals surface area contributed by atoms with Crippen LogP contribution in [-0.4, -0.2) is 23.1 Å². The van der Waals surface area contributed by atoms with E-state index in [9.17, 15) is 9.90 Å². The van der Waals surface area contributed by atoms with E-state index >= 15 is 0 Å². The lowest BCUT2D eigenvalue weighted by Gasteiger charge is -2.26. The summed E-state index contributed by atoms with van der Waals surface area (Å²) in [4.78, 5) is 11.7. The predicted molar refractivity (Wildman–Crippen MR) is 79.2 cm³/mol. The molecule has 0 aliphatic heterocycles. The average Bonchev–Trinajstić information content (AvgIpc) is 2.70. The summed E-state index contributed by atoms with van der Waals surface area (Å²) in [7, 11) is 0. The molecule has 110 valence electrons. The Labute approximate surface area is 121 Å². The van der Waals surface area contributed by atoms with E-state index < -0.39 is 5.60 Å². The van der Waals surface area contributed by atoms with Gasteiger partial charge in [0.15, 0.2) is 5.78 Å². The molecular weight excluding hydrogens is 252 g/mol. The monoisotopic (exact) mass is 276 g/mol. The zero-order valence-corrected chi connectivity index (χ0v) is 12.2. The quantitative estimate of drug-likeness (QED) is 0.658. The van der Waals surface area contributed by atoms with Crippen molar-refractivity contribution in [3.05, 3.63) is 29.8 Å². The third-order valence-electron chi connectivity index (χ3n) is 4.02. The summed E-state index contributed by atoms with van der Waals surface area (Å²) in [5.74, 6) is 0.783. The van der Waals surface area contributed by atoms with Crippen LogP contribution >= 0.6 is 0 Å². The average molecular weight is 276 g/mol. The van der Waals surface area contributed by atoms with Crippen LogP contribution in [0.15, 0.2) is 24.3 Å². The molecule has 1 aliphatic rings. The van der Waals surface area contributed by atoms with Gasteiger partial charge in [-0.3, -0.25) is 4.79 Å². The highest BCUT2D eigenvalue weighted by atomic mass is 16.5. The Bertz CT molecular complexity index is 445. The molecule has 1 aromatic rings. The highest BCUT2D eigenvalue weighted by Crippen LogP contribution is 2.28. The first-order chi connectivity index (χ1) is 9.63. The van der Waals surface area contributed by atoms with E-state index in [1.54, 1.807) is 12.1 Å². The first-order valence-electron chi connectivity index (χ1n) is 7.61. The van der Waals surface area contributed by atoms with E-state index in [4.69, 9.17) is 4.74 Å². The summed E-state index contributed by atoms with van der Waals surface area (Å²) >= 11 is 0. The third kappa shape index (κ3) is 4.07. The molecule has 1 saturated carbocycles. The minimum absolute atomic E-state index is 0.114. The lowest BCUT2D eigenvalue weighted by atomic mass is 9.96. The largest absolute Gasteiger partial charge is 0.491 e. The summed E-state index contributed by atoms with van der Waals surface area (Å²) in [6, 6.07) is 7.24. The minimum Gasteiger partial charge on any atom is -0.491 e. The smallest absolute Gasteiger partial charge is 0.162 e. The summed E-state index contributed by atoms with van der Waals surface area (Å²) in [5, 5.41) is 10.5. The number of carbonyl (C=O) groups excluding carboxylic acids is 1. The molecule has 0 unspecified atom stereocenters. The molecule has 1 aliphatic carbocycles. The van der Waals surface area contributed by atoms with Gasteiger partial charge in [-0.15, -0.1) is 0 Å². The molecule has 0 aromatic heterocycles. The van der Waals surface area contributed by atoms with Gasteiger partial charge in [0, 0.05) is 12.0 Å². The molecule has 1 N–H and O–H groups in total. The van der Waals surface area contributed by atoms with Crippen LogP contribution in [0.5, 0.6) is 5.75 Å². The fourth-order valence-electron chi connectivity index (χ4n) is 2.71. The van der Waals surface area contributed by atoms with Gasteiger partial charge in [-0.25, -0.2) is 0 Å². The molecule has 0 spiro atoms. The fraction of sp³-hybridized carbons (Fsp3) is 0.588. The van der Waals surface area contributed by atoms with Crippen molar-refractivity contribution in [2.24, 2.45) is 0 Å². The van der Waals surface area contributed by atoms with Gasteiger partial charge in [0.2, 0.25) is 0 Å². The Morgan fingerprint density at radius 3 is 2.60 bits per heavy atom. The topological polar surface area (TPSA) is 46.5 Å². The van der Waals surface area contributed by atoms with Gasteiger partial charge in [-0.2, -0.15) is 0 Å². The Morgan fingerprint density at radius 1 is 1.25 bits per heavy atom. The molecule has 3 heteroatoms. The number of hydrogen-bond acceptors (Lipinski definition) is 3. The van der Waals surface area contributed by atoms with Gasteiger partial charge >= 0.3 is 0 Å². The fourth-order valence-corrected chi connectivity index (χ4v) is 2.71. The number of aliphatic hydroxyl groups is 1. The van der Waals surface area contributed by atoms with Crippen LogP contribution in [0.3, 0.4) is 0 Å². The molecular formula is C17H24O3. The van der Waals surface area contributed by atoms with Gasteiger partial charge < -0.3 is 9.84 Å². The molecule has 0 saturated heterocycles. The Hall–Kier alpha value is -1.35. The second kappa shape index (κ2) is 6.89. The van der Waals surface area contributed by atoms with Gasteiger partial charge in [-0.1, -0.05) is 44.7 Å². The number of hydrogen-bond donors (Lipinski definition) is 1. The van der Waals surface area contributed by atoms with E-state index in [1.165, 1.54) is 12.8 Å². The van der Waals surface area contributed by atoms with E-state index in [0.29, 0.717) is 24.3 Å². The SMILES string of the molecule is CCC(=O)c1cccc(OCC2(O)CCCCCC2)c1. The molecule has 3 nitrogen and oxygen atoms in total. The molecule has 20 heavy (non-hydrogen) atoms. The van der Waals surface area contributed by atoms with Crippen LogP contribution in [0, 0.1) is 0 Å². The minimum atomic E-state index is -0.707. The molecule has 1 aromatic carbocycles. The third-order valence-corrected chi connectivity index (χ3v) is 4.02. The Balaban J connectivity index is 1.97. The summed E-state index contributed by atoms with van der Waals surface area (Å²) in [6.07, 6.45) is 6.63. The van der Waals surface area contributed by atoms with Gasteiger partial charge in [0.05, 0.1) is 5.60 Å². The number of rotatable bonds is 5. The van der Waals surface area contributed by atoms with E-state index in [-0.39, 0.29) is 5.78 Å². The number of ketones is 1. The molecule has 0 heterocycles. The predicted octanol–water partition coefficient (Wildman–Crippen LogP) is 3.74. The van der Waals surface area contributed by atoms with Crippen molar-refractivity contribution < 1.29 is 14.6 Å². The van der Waals surface area contributed by atoms with Crippen LogP contribution < -0.4 is 4.74 Å².